The SMILES string of the molecule is Brc1ccc(COCc2ccco2)s1. The molecule has 0 N–H and O–H groups in total. The minimum atomic E-state index is 0.530. The summed E-state index contributed by atoms with van der Waals surface area (Å²) >= 11 is 5.09. The number of hydrogen-bond donors (Lipinski definition) is 0. The van der Waals surface area contributed by atoms with Gasteiger partial charge in [0.25, 0.3) is 0 Å². The predicted molar refractivity (Wildman–Crippen MR) is 59.2 cm³/mol. The van der Waals surface area contributed by atoms with Gasteiger partial charge >= 0.3 is 0 Å². The third-order valence-electron chi connectivity index (χ3n) is 1.70. The van der Waals surface area contributed by atoms with E-state index in [0.29, 0.717) is 13.2 Å². The number of thiophene rings is 1. The lowest BCUT2D eigenvalue weighted by molar-refractivity contribution is 0.0948. The lowest BCUT2D eigenvalue weighted by Crippen LogP contribution is -1.89. The molecule has 0 aliphatic rings. The highest BCUT2D eigenvalue weighted by atomic mass is 79.9. The molecule has 2 nitrogen and oxygen atoms in total. The van der Waals surface area contributed by atoms with E-state index >= 15 is 0 Å². The molecule has 14 heavy (non-hydrogen) atoms. The molecule has 2 heterocycles. The molecule has 0 saturated heterocycles. The third kappa shape index (κ3) is 2.70. The van der Waals surface area contributed by atoms with E-state index in [1.807, 2.05) is 18.2 Å². The Morgan fingerprint density at radius 1 is 1.29 bits per heavy atom. The average Bonchev–Trinajstić information content (AvgIpc) is 2.77. The number of ether oxygens (including phenoxy) is 1. The van der Waals surface area contributed by atoms with E-state index < -0.39 is 0 Å². The van der Waals surface area contributed by atoms with Gasteiger partial charge in [-0.25, -0.2) is 0 Å². The fourth-order valence-electron chi connectivity index (χ4n) is 1.08. The second-order valence-corrected chi connectivity index (χ2v) is 5.33. The van der Waals surface area contributed by atoms with Gasteiger partial charge in [0.05, 0.1) is 16.7 Å². The number of hydrogen-bond acceptors (Lipinski definition) is 3. The third-order valence-corrected chi connectivity index (χ3v) is 3.29. The van der Waals surface area contributed by atoms with Crippen molar-refractivity contribution in [3.8, 4) is 0 Å². The molecule has 0 saturated carbocycles. The molecular formula is C10H9BrO2S. The topological polar surface area (TPSA) is 22.4 Å². The normalized spacial score (nSPS) is 10.6. The summed E-state index contributed by atoms with van der Waals surface area (Å²) in [5.41, 5.74) is 0. The summed E-state index contributed by atoms with van der Waals surface area (Å²) in [5.74, 6) is 0.862. The first kappa shape index (κ1) is 9.96. The van der Waals surface area contributed by atoms with Crippen LogP contribution in [0.3, 0.4) is 0 Å². The Kier molecular flexibility index (Phi) is 3.39. The molecule has 0 aliphatic heterocycles. The first-order chi connectivity index (χ1) is 6.84. The Hall–Kier alpha value is -0.580. The van der Waals surface area contributed by atoms with Crippen LogP contribution in [0.5, 0.6) is 0 Å². The summed E-state index contributed by atoms with van der Waals surface area (Å²) in [7, 11) is 0. The predicted octanol–water partition coefficient (Wildman–Crippen LogP) is 3.82. The molecule has 0 atom stereocenters. The average molecular weight is 273 g/mol. The maximum Gasteiger partial charge on any atom is 0.129 e. The molecule has 0 bridgehead atoms. The van der Waals surface area contributed by atoms with Crippen molar-refractivity contribution in [3.05, 3.63) is 45.0 Å². The molecular weight excluding hydrogens is 264 g/mol. The van der Waals surface area contributed by atoms with Gasteiger partial charge in [0.2, 0.25) is 0 Å². The molecule has 0 aliphatic carbocycles. The summed E-state index contributed by atoms with van der Waals surface area (Å²) in [6.45, 7) is 1.17. The molecule has 2 rings (SSSR count). The zero-order chi connectivity index (χ0) is 9.80. The Balaban J connectivity index is 1.78. The largest absolute Gasteiger partial charge is 0.467 e. The van der Waals surface area contributed by atoms with Crippen LogP contribution in [-0.4, -0.2) is 0 Å². The Morgan fingerprint density at radius 3 is 2.86 bits per heavy atom. The van der Waals surface area contributed by atoms with Gasteiger partial charge in [0.1, 0.15) is 12.4 Å². The van der Waals surface area contributed by atoms with Crippen LogP contribution in [0.25, 0.3) is 0 Å². The van der Waals surface area contributed by atoms with Crippen molar-refractivity contribution in [2.45, 2.75) is 13.2 Å². The molecule has 0 unspecified atom stereocenters. The highest BCUT2D eigenvalue weighted by Crippen LogP contribution is 2.22. The molecule has 0 spiro atoms. The van der Waals surface area contributed by atoms with Crippen molar-refractivity contribution < 1.29 is 9.15 Å². The van der Waals surface area contributed by atoms with Crippen molar-refractivity contribution in [1.29, 1.82) is 0 Å². The van der Waals surface area contributed by atoms with Crippen molar-refractivity contribution in [3.63, 3.8) is 0 Å². The Bertz CT molecular complexity index is 380. The molecule has 2 aromatic rings. The van der Waals surface area contributed by atoms with Crippen LogP contribution in [0.2, 0.25) is 0 Å². The monoisotopic (exact) mass is 272 g/mol. The van der Waals surface area contributed by atoms with Crippen molar-refractivity contribution in [2.24, 2.45) is 0 Å². The molecule has 4 heteroatoms. The van der Waals surface area contributed by atoms with Gasteiger partial charge in [-0.2, -0.15) is 0 Å². The first-order valence-electron chi connectivity index (χ1n) is 4.19. The summed E-state index contributed by atoms with van der Waals surface area (Å²) in [5, 5.41) is 0. The highest BCUT2D eigenvalue weighted by molar-refractivity contribution is 9.11. The van der Waals surface area contributed by atoms with Crippen molar-refractivity contribution in [2.75, 3.05) is 0 Å². The van der Waals surface area contributed by atoms with Gasteiger partial charge in [-0.05, 0) is 40.2 Å². The molecule has 0 aromatic carbocycles. The van der Waals surface area contributed by atoms with E-state index in [1.165, 1.54) is 4.88 Å². The van der Waals surface area contributed by atoms with Crippen LogP contribution < -0.4 is 0 Å². The highest BCUT2D eigenvalue weighted by Gasteiger charge is 1.99. The second kappa shape index (κ2) is 4.77. The first-order valence-corrected chi connectivity index (χ1v) is 5.80. The lowest BCUT2D eigenvalue weighted by atomic mass is 10.5. The zero-order valence-electron chi connectivity index (χ0n) is 7.40. The van der Waals surface area contributed by atoms with E-state index in [9.17, 15) is 0 Å². The maximum absolute atomic E-state index is 5.47. The van der Waals surface area contributed by atoms with Crippen LogP contribution >= 0.6 is 27.3 Å². The molecule has 0 amide bonds. The van der Waals surface area contributed by atoms with Crippen LogP contribution in [0.4, 0.5) is 0 Å². The van der Waals surface area contributed by atoms with Crippen LogP contribution in [0.1, 0.15) is 10.6 Å². The summed E-state index contributed by atoms with van der Waals surface area (Å²) in [6, 6.07) is 7.85. The summed E-state index contributed by atoms with van der Waals surface area (Å²) < 4.78 is 11.8. The van der Waals surface area contributed by atoms with E-state index in [4.69, 9.17) is 9.15 Å². The Labute approximate surface area is 94.6 Å². The fraction of sp³-hybridized carbons (Fsp3) is 0.200. The van der Waals surface area contributed by atoms with Gasteiger partial charge < -0.3 is 9.15 Å². The van der Waals surface area contributed by atoms with Gasteiger partial charge in [-0.1, -0.05) is 0 Å². The van der Waals surface area contributed by atoms with Gasteiger partial charge in [-0.15, -0.1) is 11.3 Å². The van der Waals surface area contributed by atoms with E-state index in [0.717, 1.165) is 9.55 Å². The standard InChI is InChI=1S/C10H9BrO2S/c11-10-4-3-9(14-10)7-12-6-8-2-1-5-13-8/h1-5H,6-7H2. The lowest BCUT2D eigenvalue weighted by Gasteiger charge is -1.98. The smallest absolute Gasteiger partial charge is 0.129 e. The van der Waals surface area contributed by atoms with Crippen LogP contribution in [-0.2, 0) is 18.0 Å². The zero-order valence-corrected chi connectivity index (χ0v) is 9.81. The van der Waals surface area contributed by atoms with Crippen LogP contribution in [0.15, 0.2) is 38.7 Å². The summed E-state index contributed by atoms with van der Waals surface area (Å²) in [6.07, 6.45) is 1.65. The Morgan fingerprint density at radius 2 is 2.21 bits per heavy atom. The molecule has 2 aromatic heterocycles. The fourth-order valence-corrected chi connectivity index (χ4v) is 2.50. The molecule has 0 radical (unpaired) electrons. The van der Waals surface area contributed by atoms with Crippen molar-refractivity contribution >= 4 is 27.3 Å². The minimum absolute atomic E-state index is 0.530. The maximum atomic E-state index is 5.47. The number of furan rings is 1. The minimum Gasteiger partial charge on any atom is -0.467 e. The second-order valence-electron chi connectivity index (χ2n) is 2.78. The number of rotatable bonds is 4. The van der Waals surface area contributed by atoms with Gasteiger partial charge in [0.15, 0.2) is 0 Å². The van der Waals surface area contributed by atoms with Gasteiger partial charge in [-0.3, -0.25) is 0 Å². The van der Waals surface area contributed by atoms with Gasteiger partial charge in [0, 0.05) is 4.88 Å². The van der Waals surface area contributed by atoms with E-state index in [2.05, 4.69) is 22.0 Å². The van der Waals surface area contributed by atoms with E-state index in [1.54, 1.807) is 17.6 Å². The summed E-state index contributed by atoms with van der Waals surface area (Å²) in [4.78, 5) is 1.21. The number of halogens is 1. The molecule has 74 valence electrons. The van der Waals surface area contributed by atoms with Crippen molar-refractivity contribution in [1.82, 2.24) is 0 Å². The van der Waals surface area contributed by atoms with E-state index in [-0.39, 0.29) is 0 Å². The molecule has 0 fully saturated rings. The quantitative estimate of drug-likeness (QED) is 0.844. The van der Waals surface area contributed by atoms with Crippen LogP contribution in [0, 0.1) is 0 Å².